The van der Waals surface area contributed by atoms with Crippen LogP contribution in [0.4, 0.5) is 0 Å². The van der Waals surface area contributed by atoms with Crippen molar-refractivity contribution in [2.75, 3.05) is 11.9 Å². The highest BCUT2D eigenvalue weighted by molar-refractivity contribution is 9.09. The van der Waals surface area contributed by atoms with E-state index in [0.717, 1.165) is 0 Å². The first kappa shape index (κ1) is 12.0. The van der Waals surface area contributed by atoms with E-state index in [1.165, 1.54) is 12.2 Å². The van der Waals surface area contributed by atoms with Crippen LogP contribution in [0.3, 0.4) is 0 Å². The summed E-state index contributed by atoms with van der Waals surface area (Å²) in [6, 6.07) is 0. The van der Waals surface area contributed by atoms with E-state index in [1.54, 1.807) is 6.08 Å². The van der Waals surface area contributed by atoms with Crippen LogP contribution in [0.25, 0.3) is 0 Å². The number of carbonyl (C=O) groups excluding carboxylic acids is 2. The third kappa shape index (κ3) is 3.03. The van der Waals surface area contributed by atoms with E-state index in [1.807, 2.05) is 0 Å². The van der Waals surface area contributed by atoms with Gasteiger partial charge < -0.3 is 10.1 Å². The van der Waals surface area contributed by atoms with Crippen molar-refractivity contribution < 1.29 is 14.3 Å². The van der Waals surface area contributed by atoms with Gasteiger partial charge in [-0.3, -0.25) is 9.59 Å². The number of hydrogen-bond donors (Lipinski definition) is 1. The fraction of sp³-hybridized carbons (Fsp3) is 0.364. The largest absolute Gasteiger partial charge is 0.466 e. The predicted molar refractivity (Wildman–Crippen MR) is 66.0 cm³/mol. The van der Waals surface area contributed by atoms with Gasteiger partial charge in [0.2, 0.25) is 5.91 Å². The molecule has 17 heavy (non-hydrogen) atoms. The van der Waals surface area contributed by atoms with Gasteiger partial charge >= 0.3 is 0 Å². The van der Waals surface area contributed by atoms with E-state index >= 15 is 0 Å². The molecule has 0 aromatic carbocycles. The Bertz CT molecular complexity index is 440. The van der Waals surface area contributed by atoms with Gasteiger partial charge in [0.25, 0.3) is 0 Å². The second-order valence-corrected chi connectivity index (χ2v) is 4.16. The summed E-state index contributed by atoms with van der Waals surface area (Å²) < 4.78 is 5.47. The zero-order valence-electron chi connectivity index (χ0n) is 8.98. The number of carbonyl (C=O) groups is 2. The quantitative estimate of drug-likeness (QED) is 0.614. The summed E-state index contributed by atoms with van der Waals surface area (Å²) in [6.07, 6.45) is 4.80. The van der Waals surface area contributed by atoms with Gasteiger partial charge in [0.05, 0.1) is 5.33 Å². The second-order valence-electron chi connectivity index (χ2n) is 3.60. The lowest BCUT2D eigenvalue weighted by atomic mass is 10.1. The van der Waals surface area contributed by atoms with Crippen LogP contribution in [0.1, 0.15) is 6.42 Å². The number of hydrogen-bond acceptors (Lipinski definition) is 4. The van der Waals surface area contributed by atoms with E-state index in [0.29, 0.717) is 24.4 Å². The molecule has 0 saturated heterocycles. The van der Waals surface area contributed by atoms with Gasteiger partial charge in [-0.1, -0.05) is 15.9 Å². The Kier molecular flexibility index (Phi) is 3.73. The number of ether oxygens (including phenoxy) is 1. The van der Waals surface area contributed by atoms with Gasteiger partial charge in [-0.05, 0) is 12.2 Å². The lowest BCUT2D eigenvalue weighted by Gasteiger charge is -2.09. The molecule has 90 valence electrons. The normalized spacial score (nSPS) is 21.5. The summed E-state index contributed by atoms with van der Waals surface area (Å²) in [5, 5.41) is 3.00. The lowest BCUT2D eigenvalue weighted by molar-refractivity contribution is -0.118. The van der Waals surface area contributed by atoms with Crippen molar-refractivity contribution in [1.82, 2.24) is 5.32 Å². The van der Waals surface area contributed by atoms with Gasteiger partial charge in [0.15, 0.2) is 17.8 Å². The minimum Gasteiger partial charge on any atom is -0.466 e. The van der Waals surface area contributed by atoms with Gasteiger partial charge in [0.1, 0.15) is 5.71 Å². The van der Waals surface area contributed by atoms with Gasteiger partial charge in [-0.15, -0.1) is 0 Å². The van der Waals surface area contributed by atoms with E-state index in [4.69, 9.17) is 4.74 Å². The molecular formula is C11H11BrN2O3. The maximum Gasteiger partial charge on any atom is 0.230 e. The summed E-state index contributed by atoms with van der Waals surface area (Å²) >= 11 is 3.06. The molecule has 0 saturated carbocycles. The maximum absolute atomic E-state index is 11.1. The number of rotatable bonds is 4. The molecule has 0 aromatic rings. The first-order valence-electron chi connectivity index (χ1n) is 5.20. The molecule has 2 aliphatic rings. The highest BCUT2D eigenvalue weighted by Gasteiger charge is 2.24. The van der Waals surface area contributed by atoms with Crippen LogP contribution in [0.15, 0.2) is 29.0 Å². The van der Waals surface area contributed by atoms with Crippen molar-refractivity contribution in [3.63, 3.8) is 0 Å². The average Bonchev–Trinajstić information content (AvgIpc) is 2.70. The standard InChI is InChI=1S/C11H11BrN2O3/c12-6-10(16)13-4-3-11-14-8-2-1-7(15)5-9(8)17-11/h1-2,5,11H,3-4,6H2,(H,13,16). The van der Waals surface area contributed by atoms with Crippen LogP contribution in [0.5, 0.6) is 0 Å². The monoisotopic (exact) mass is 298 g/mol. The second kappa shape index (κ2) is 5.27. The van der Waals surface area contributed by atoms with Crippen molar-refractivity contribution in [3.8, 4) is 0 Å². The molecule has 2 rings (SSSR count). The summed E-state index contributed by atoms with van der Waals surface area (Å²) in [4.78, 5) is 26.4. The average molecular weight is 299 g/mol. The van der Waals surface area contributed by atoms with Crippen molar-refractivity contribution >= 4 is 33.3 Å². The molecule has 0 bridgehead atoms. The smallest absolute Gasteiger partial charge is 0.230 e. The van der Waals surface area contributed by atoms with Crippen molar-refractivity contribution in [2.24, 2.45) is 4.99 Å². The molecule has 1 amide bonds. The third-order valence-corrected chi connectivity index (χ3v) is 2.82. The molecule has 0 fully saturated rings. The summed E-state index contributed by atoms with van der Waals surface area (Å²) in [5.41, 5.74) is 0.696. The number of fused-ring (bicyclic) bond motifs is 1. The number of alkyl halides is 1. The first-order chi connectivity index (χ1) is 8.19. The molecule has 1 aliphatic carbocycles. The number of amides is 1. The number of allylic oxidation sites excluding steroid dienone is 3. The van der Waals surface area contributed by atoms with Crippen molar-refractivity contribution in [2.45, 2.75) is 12.6 Å². The third-order valence-electron chi connectivity index (χ3n) is 2.31. The molecule has 1 aliphatic heterocycles. The summed E-state index contributed by atoms with van der Waals surface area (Å²) in [7, 11) is 0. The minimum absolute atomic E-state index is 0.0673. The molecular weight excluding hydrogens is 288 g/mol. The van der Waals surface area contributed by atoms with Gasteiger partial charge in [0, 0.05) is 19.0 Å². The highest BCUT2D eigenvalue weighted by Crippen LogP contribution is 2.21. The SMILES string of the molecule is O=C1C=CC2=NC(CCNC(=O)CBr)OC2=C1. The van der Waals surface area contributed by atoms with Crippen LogP contribution in [0, 0.1) is 0 Å². The highest BCUT2D eigenvalue weighted by atomic mass is 79.9. The van der Waals surface area contributed by atoms with E-state index < -0.39 is 0 Å². The topological polar surface area (TPSA) is 67.8 Å². The fourth-order valence-electron chi connectivity index (χ4n) is 1.53. The van der Waals surface area contributed by atoms with Crippen LogP contribution >= 0.6 is 15.9 Å². The van der Waals surface area contributed by atoms with Gasteiger partial charge in [-0.2, -0.15) is 0 Å². The van der Waals surface area contributed by atoms with E-state index in [9.17, 15) is 9.59 Å². The molecule has 5 nitrogen and oxygen atoms in total. The molecule has 1 unspecified atom stereocenters. The fourth-order valence-corrected chi connectivity index (χ4v) is 1.73. The Labute approximate surface area is 107 Å². The Hall–Kier alpha value is -1.43. The van der Waals surface area contributed by atoms with E-state index in [-0.39, 0.29) is 23.2 Å². The predicted octanol–water partition coefficient (Wildman–Crippen LogP) is 0.708. The van der Waals surface area contributed by atoms with Crippen LogP contribution < -0.4 is 5.32 Å². The molecule has 6 heteroatoms. The Balaban J connectivity index is 1.84. The minimum atomic E-state index is -0.317. The number of ketones is 1. The van der Waals surface area contributed by atoms with Crippen LogP contribution in [0.2, 0.25) is 0 Å². The number of halogens is 1. The first-order valence-corrected chi connectivity index (χ1v) is 6.32. The molecule has 0 aromatic heterocycles. The van der Waals surface area contributed by atoms with Gasteiger partial charge in [-0.25, -0.2) is 4.99 Å². The van der Waals surface area contributed by atoms with Crippen LogP contribution in [-0.4, -0.2) is 35.5 Å². The Morgan fingerprint density at radius 1 is 1.53 bits per heavy atom. The Morgan fingerprint density at radius 2 is 2.35 bits per heavy atom. The number of aliphatic imine (C=N–C) groups is 1. The molecule has 1 atom stereocenters. The summed E-state index contributed by atoms with van der Waals surface area (Å²) in [5.74, 6) is 0.365. The Morgan fingerprint density at radius 3 is 3.12 bits per heavy atom. The van der Waals surface area contributed by atoms with E-state index in [2.05, 4.69) is 26.2 Å². The molecule has 1 heterocycles. The number of nitrogens with one attached hydrogen (secondary N) is 1. The molecule has 0 radical (unpaired) electrons. The maximum atomic E-state index is 11.1. The number of nitrogens with zero attached hydrogens (tertiary/aromatic N) is 1. The molecule has 0 spiro atoms. The zero-order valence-corrected chi connectivity index (χ0v) is 10.6. The van der Waals surface area contributed by atoms with Crippen molar-refractivity contribution in [3.05, 3.63) is 24.0 Å². The zero-order chi connectivity index (χ0) is 12.3. The summed E-state index contributed by atoms with van der Waals surface area (Å²) in [6.45, 7) is 0.497. The van der Waals surface area contributed by atoms with Crippen LogP contribution in [-0.2, 0) is 14.3 Å². The van der Waals surface area contributed by atoms with Crippen molar-refractivity contribution in [1.29, 1.82) is 0 Å². The molecule has 1 N–H and O–H groups in total. The lowest BCUT2D eigenvalue weighted by Crippen LogP contribution is -2.27.